The quantitative estimate of drug-likeness (QED) is 0.503. The number of nitrogens with zero attached hydrogens (tertiary/aromatic N) is 2. The molecule has 0 saturated heterocycles. The minimum Gasteiger partial charge on any atom is -0.496 e. The van der Waals surface area contributed by atoms with Crippen molar-refractivity contribution < 1.29 is 23.4 Å². The molecule has 0 N–H and O–H groups in total. The van der Waals surface area contributed by atoms with Crippen molar-refractivity contribution in [3.63, 3.8) is 0 Å². The van der Waals surface area contributed by atoms with Crippen LogP contribution in [0.1, 0.15) is 33.4 Å². The number of methoxy groups -OCH3 is 1. The van der Waals surface area contributed by atoms with Crippen LogP contribution in [0.5, 0.6) is 17.2 Å². The van der Waals surface area contributed by atoms with Gasteiger partial charge in [-0.25, -0.2) is 0 Å². The standard InChI is InChI=1S/C27H28N2O3/c1-17-8-19(3)26-21(10-17)13-28-15-31-27-20(4)9-18(2)11-22(27)14-29(16-32-26)25-12-23(30-5)6-7-24(25)28/h6-14H,15-16H2,1-5H3/q+2/b28-13+,29-14+. The first-order valence-electron chi connectivity index (χ1n) is 10.8. The van der Waals surface area contributed by atoms with Gasteiger partial charge in [0.1, 0.15) is 17.2 Å². The van der Waals surface area contributed by atoms with E-state index in [9.17, 15) is 0 Å². The summed E-state index contributed by atoms with van der Waals surface area (Å²) in [6.45, 7) is 9.15. The third-order valence-corrected chi connectivity index (χ3v) is 5.98. The number of rotatable bonds is 1. The normalized spacial score (nSPS) is 17.7. The lowest BCUT2D eigenvalue weighted by Crippen LogP contribution is -2.17. The van der Waals surface area contributed by atoms with E-state index in [2.05, 4.69) is 85.7 Å². The summed E-state index contributed by atoms with van der Waals surface area (Å²) in [6, 6.07) is 14.7. The molecule has 5 nitrogen and oxygen atoms in total. The molecule has 5 heteroatoms. The molecule has 5 rings (SSSR count). The van der Waals surface area contributed by atoms with Crippen LogP contribution in [0.4, 0.5) is 11.4 Å². The van der Waals surface area contributed by atoms with E-state index in [0.29, 0.717) is 13.5 Å². The molecule has 2 aliphatic rings. The van der Waals surface area contributed by atoms with Crippen molar-refractivity contribution in [1.29, 1.82) is 0 Å². The van der Waals surface area contributed by atoms with Crippen LogP contribution in [-0.2, 0) is 0 Å². The zero-order valence-corrected chi connectivity index (χ0v) is 19.2. The highest BCUT2D eigenvalue weighted by Gasteiger charge is 2.31. The molecule has 0 saturated carbocycles. The van der Waals surface area contributed by atoms with Gasteiger partial charge in [0.15, 0.2) is 12.4 Å². The Morgan fingerprint density at radius 1 is 0.688 bits per heavy atom. The molecule has 32 heavy (non-hydrogen) atoms. The molecule has 3 aromatic rings. The van der Waals surface area contributed by atoms with Crippen LogP contribution in [0.2, 0.25) is 0 Å². The summed E-state index contributed by atoms with van der Waals surface area (Å²) in [6.07, 6.45) is 4.24. The van der Waals surface area contributed by atoms with Gasteiger partial charge in [0, 0.05) is 6.07 Å². The summed E-state index contributed by atoms with van der Waals surface area (Å²) >= 11 is 0. The fourth-order valence-corrected chi connectivity index (χ4v) is 4.62. The molecular formula is C27H28N2O3+2. The molecule has 2 aliphatic heterocycles. The van der Waals surface area contributed by atoms with Crippen molar-refractivity contribution in [2.45, 2.75) is 27.7 Å². The highest BCUT2D eigenvalue weighted by molar-refractivity contribution is 5.85. The van der Waals surface area contributed by atoms with Crippen molar-refractivity contribution >= 4 is 23.8 Å². The Morgan fingerprint density at radius 3 is 1.75 bits per heavy atom. The van der Waals surface area contributed by atoms with E-state index in [4.69, 9.17) is 14.2 Å². The van der Waals surface area contributed by atoms with Gasteiger partial charge in [-0.05, 0) is 68.1 Å². The first-order valence-corrected chi connectivity index (χ1v) is 10.8. The molecule has 0 unspecified atom stereocenters. The second-order valence-corrected chi connectivity index (χ2v) is 8.60. The van der Waals surface area contributed by atoms with Gasteiger partial charge >= 0.3 is 0 Å². The number of hydrogen-bond acceptors (Lipinski definition) is 3. The topological polar surface area (TPSA) is 33.7 Å². The van der Waals surface area contributed by atoms with Crippen LogP contribution >= 0.6 is 0 Å². The molecule has 0 fully saturated rings. The second kappa shape index (κ2) is 7.83. The average molecular weight is 429 g/mol. The molecule has 3 aromatic carbocycles. The van der Waals surface area contributed by atoms with Crippen LogP contribution < -0.4 is 14.2 Å². The Hall–Kier alpha value is -3.60. The predicted molar refractivity (Wildman–Crippen MR) is 126 cm³/mol. The van der Waals surface area contributed by atoms with E-state index in [1.54, 1.807) is 7.11 Å². The van der Waals surface area contributed by atoms with Crippen molar-refractivity contribution in [3.8, 4) is 17.2 Å². The molecule has 162 valence electrons. The van der Waals surface area contributed by atoms with Gasteiger partial charge in [0.25, 0.3) is 24.8 Å². The maximum atomic E-state index is 6.44. The monoisotopic (exact) mass is 428 g/mol. The number of aryl methyl sites for hydroxylation is 4. The summed E-state index contributed by atoms with van der Waals surface area (Å²) in [5.74, 6) is 2.58. The van der Waals surface area contributed by atoms with Crippen LogP contribution in [-0.4, -0.2) is 42.2 Å². The minimum absolute atomic E-state index is 0.366. The van der Waals surface area contributed by atoms with E-state index in [1.165, 1.54) is 11.1 Å². The summed E-state index contributed by atoms with van der Waals surface area (Å²) in [4.78, 5) is 0. The summed E-state index contributed by atoms with van der Waals surface area (Å²) in [7, 11) is 1.69. The van der Waals surface area contributed by atoms with E-state index in [0.717, 1.165) is 50.9 Å². The lowest BCUT2D eigenvalue weighted by Gasteiger charge is -2.13. The number of hydrogen-bond donors (Lipinski definition) is 0. The van der Waals surface area contributed by atoms with Crippen molar-refractivity contribution in [3.05, 3.63) is 75.8 Å². The Balaban J connectivity index is 1.83. The van der Waals surface area contributed by atoms with Gasteiger partial charge in [-0.15, -0.1) is 0 Å². The predicted octanol–water partition coefficient (Wildman–Crippen LogP) is 5.15. The van der Waals surface area contributed by atoms with Crippen molar-refractivity contribution in [1.82, 2.24) is 0 Å². The fourth-order valence-electron chi connectivity index (χ4n) is 4.62. The maximum Gasteiger partial charge on any atom is 0.292 e. The lowest BCUT2D eigenvalue weighted by atomic mass is 10.1. The number of ether oxygens (including phenoxy) is 3. The zero-order valence-electron chi connectivity index (χ0n) is 19.2. The molecular weight excluding hydrogens is 400 g/mol. The molecule has 0 spiro atoms. The molecule has 0 aliphatic carbocycles. The SMILES string of the molecule is COc1ccc2c(c1)/[N+]1=C/c3cc(C)cc(C)c3OC/[N+]2=C\c2cc(C)cc(C)c2OC1. The van der Waals surface area contributed by atoms with Gasteiger partial charge in [0.2, 0.25) is 0 Å². The number of benzene rings is 3. The Labute approximate surface area is 188 Å². The van der Waals surface area contributed by atoms with E-state index in [-0.39, 0.29) is 0 Å². The van der Waals surface area contributed by atoms with Crippen molar-refractivity contribution in [2.75, 3.05) is 20.6 Å². The molecule has 2 heterocycles. The highest BCUT2D eigenvalue weighted by Crippen LogP contribution is 2.36. The zero-order chi connectivity index (χ0) is 22.4. The first-order chi connectivity index (χ1) is 15.4. The fraction of sp³-hybridized carbons (Fsp3) is 0.259. The smallest absolute Gasteiger partial charge is 0.292 e. The summed E-state index contributed by atoms with van der Waals surface area (Å²) in [5, 5.41) is 0. The van der Waals surface area contributed by atoms with Gasteiger partial charge in [0.05, 0.1) is 24.3 Å². The van der Waals surface area contributed by atoms with Crippen molar-refractivity contribution in [2.24, 2.45) is 0 Å². The van der Waals surface area contributed by atoms with Gasteiger partial charge < -0.3 is 14.2 Å². The Kier molecular flexibility index (Phi) is 4.97. The van der Waals surface area contributed by atoms with Gasteiger partial charge in [-0.2, -0.15) is 9.15 Å². The minimum atomic E-state index is 0.366. The second-order valence-electron chi connectivity index (χ2n) is 8.60. The first kappa shape index (κ1) is 20.3. The van der Waals surface area contributed by atoms with Gasteiger partial charge in [-0.1, -0.05) is 12.1 Å². The summed E-state index contributed by atoms with van der Waals surface area (Å²) < 4.78 is 22.7. The largest absolute Gasteiger partial charge is 0.496 e. The van der Waals surface area contributed by atoms with E-state index < -0.39 is 0 Å². The summed E-state index contributed by atoms with van der Waals surface area (Å²) in [5.41, 5.74) is 8.72. The van der Waals surface area contributed by atoms with E-state index >= 15 is 0 Å². The Morgan fingerprint density at radius 2 is 1.22 bits per heavy atom. The molecule has 0 aromatic heterocycles. The molecule has 2 bridgehead atoms. The average Bonchev–Trinajstić information content (AvgIpc) is 2.84. The van der Waals surface area contributed by atoms with Gasteiger partial charge in [-0.3, -0.25) is 0 Å². The van der Waals surface area contributed by atoms with Crippen LogP contribution in [0.15, 0.2) is 42.5 Å². The van der Waals surface area contributed by atoms with Crippen LogP contribution in [0.3, 0.4) is 0 Å². The highest BCUT2D eigenvalue weighted by atomic mass is 16.5. The molecule has 0 atom stereocenters. The third-order valence-electron chi connectivity index (χ3n) is 5.98. The Bertz CT molecular complexity index is 1300. The maximum absolute atomic E-state index is 6.44. The van der Waals surface area contributed by atoms with Crippen LogP contribution in [0, 0.1) is 27.7 Å². The molecule has 0 radical (unpaired) electrons. The van der Waals surface area contributed by atoms with E-state index in [1.807, 2.05) is 6.07 Å². The number of fused-ring (bicyclic) bond motifs is 2. The molecule has 0 amide bonds. The lowest BCUT2D eigenvalue weighted by molar-refractivity contribution is -0.502. The van der Waals surface area contributed by atoms with Crippen LogP contribution in [0.25, 0.3) is 0 Å². The third kappa shape index (κ3) is 3.54.